The molecule has 1 heterocycles. The van der Waals surface area contributed by atoms with Crippen LogP contribution in [0, 0.1) is 5.82 Å². The normalized spacial score (nSPS) is 12.5. The smallest absolute Gasteiger partial charge is 0.162 e. The Kier molecular flexibility index (Phi) is 3.10. The van der Waals surface area contributed by atoms with E-state index in [1.165, 1.54) is 42.3 Å². The molecule has 0 fully saturated rings. The number of aryl methyl sites for hydroxylation is 1. The highest BCUT2D eigenvalue weighted by atomic mass is 19.1. The average molecular weight is 236 g/mol. The number of aromatic nitrogens is 2. The molecule has 0 amide bonds. The first-order valence-electron chi connectivity index (χ1n) is 5.13. The van der Waals surface area contributed by atoms with Crippen LogP contribution in [0.5, 0.6) is 5.75 Å². The minimum Gasteiger partial charge on any atom is -0.493 e. The Hall–Kier alpha value is -1.88. The van der Waals surface area contributed by atoms with E-state index in [0.29, 0.717) is 17.0 Å². The fourth-order valence-corrected chi connectivity index (χ4v) is 1.70. The molecule has 0 spiro atoms. The molecular weight excluding hydrogens is 223 g/mol. The highest BCUT2D eigenvalue weighted by Gasteiger charge is 2.19. The predicted octanol–water partition coefficient (Wildman–Crippen LogP) is 1.65. The Bertz CT molecular complexity index is 508. The number of nitrogens with zero attached hydrogens (tertiary/aromatic N) is 2. The van der Waals surface area contributed by atoms with Gasteiger partial charge in [0, 0.05) is 7.05 Å². The van der Waals surface area contributed by atoms with Crippen LogP contribution in [0.1, 0.15) is 17.4 Å². The zero-order chi connectivity index (χ0) is 12.4. The zero-order valence-electron chi connectivity index (χ0n) is 9.59. The maximum absolute atomic E-state index is 12.8. The summed E-state index contributed by atoms with van der Waals surface area (Å²) in [5.41, 5.74) is 1.13. The van der Waals surface area contributed by atoms with E-state index in [1.54, 1.807) is 7.05 Å². The molecule has 0 saturated heterocycles. The lowest BCUT2D eigenvalue weighted by molar-refractivity contribution is 0.204. The highest BCUT2D eigenvalue weighted by molar-refractivity contribution is 5.34. The molecule has 1 N–H and O–H groups in total. The van der Waals surface area contributed by atoms with Gasteiger partial charge in [0.1, 0.15) is 17.6 Å². The van der Waals surface area contributed by atoms with Gasteiger partial charge in [-0.2, -0.15) is 5.10 Å². The van der Waals surface area contributed by atoms with Gasteiger partial charge >= 0.3 is 0 Å². The fraction of sp³-hybridized carbons (Fsp3) is 0.250. The number of aliphatic hydroxyl groups is 1. The van der Waals surface area contributed by atoms with E-state index in [1.807, 2.05) is 0 Å². The summed E-state index contributed by atoms with van der Waals surface area (Å²) in [6, 6.07) is 5.68. The highest BCUT2D eigenvalue weighted by Crippen LogP contribution is 2.29. The maximum atomic E-state index is 12.8. The standard InChI is InChI=1S/C12H13FN2O2/c1-15-11(10(17-2)7-14-15)12(16)8-3-5-9(13)6-4-8/h3-7,12,16H,1-2H3. The SMILES string of the molecule is COc1cnn(C)c1C(O)c1ccc(F)cc1. The minimum atomic E-state index is -0.891. The summed E-state index contributed by atoms with van der Waals surface area (Å²) < 4.78 is 19.4. The van der Waals surface area contributed by atoms with Gasteiger partial charge in [-0.1, -0.05) is 12.1 Å². The molecule has 2 rings (SSSR count). The number of methoxy groups -OCH3 is 1. The minimum absolute atomic E-state index is 0.335. The Labute approximate surface area is 98.3 Å². The molecule has 0 aliphatic rings. The molecule has 5 heteroatoms. The van der Waals surface area contributed by atoms with Crippen LogP contribution in [0.2, 0.25) is 0 Å². The third-order valence-electron chi connectivity index (χ3n) is 2.61. The lowest BCUT2D eigenvalue weighted by Gasteiger charge is -2.13. The van der Waals surface area contributed by atoms with E-state index in [2.05, 4.69) is 5.10 Å². The first-order chi connectivity index (χ1) is 8.13. The molecule has 0 saturated carbocycles. The molecule has 1 aromatic carbocycles. The number of halogens is 1. The number of hydrogen-bond acceptors (Lipinski definition) is 3. The average Bonchev–Trinajstić information content (AvgIpc) is 2.70. The Morgan fingerprint density at radius 3 is 2.59 bits per heavy atom. The lowest BCUT2D eigenvalue weighted by atomic mass is 10.1. The summed E-state index contributed by atoms with van der Waals surface area (Å²) in [6.45, 7) is 0. The van der Waals surface area contributed by atoms with Crippen LogP contribution in [-0.2, 0) is 7.05 Å². The second-order valence-electron chi connectivity index (χ2n) is 3.68. The third-order valence-corrected chi connectivity index (χ3v) is 2.61. The molecule has 0 radical (unpaired) electrons. The van der Waals surface area contributed by atoms with Crippen molar-refractivity contribution in [3.63, 3.8) is 0 Å². The quantitative estimate of drug-likeness (QED) is 0.881. The van der Waals surface area contributed by atoms with Crippen LogP contribution < -0.4 is 4.74 Å². The molecule has 0 bridgehead atoms. The molecule has 0 aliphatic heterocycles. The summed E-state index contributed by atoms with van der Waals surface area (Å²) in [7, 11) is 3.22. The van der Waals surface area contributed by atoms with Gasteiger partial charge in [0.2, 0.25) is 0 Å². The molecule has 4 nitrogen and oxygen atoms in total. The monoisotopic (exact) mass is 236 g/mol. The van der Waals surface area contributed by atoms with Gasteiger partial charge in [0.25, 0.3) is 0 Å². The van der Waals surface area contributed by atoms with Crippen molar-refractivity contribution in [1.29, 1.82) is 0 Å². The fourth-order valence-electron chi connectivity index (χ4n) is 1.70. The Morgan fingerprint density at radius 1 is 1.35 bits per heavy atom. The number of benzene rings is 1. The number of rotatable bonds is 3. The summed E-state index contributed by atoms with van der Waals surface area (Å²) >= 11 is 0. The maximum Gasteiger partial charge on any atom is 0.162 e. The van der Waals surface area contributed by atoms with E-state index in [9.17, 15) is 9.50 Å². The van der Waals surface area contributed by atoms with E-state index in [0.717, 1.165) is 0 Å². The van der Waals surface area contributed by atoms with Crippen molar-refractivity contribution in [2.24, 2.45) is 7.05 Å². The summed E-state index contributed by atoms with van der Waals surface area (Å²) in [5.74, 6) is 0.169. The molecule has 0 aliphatic carbocycles. The first kappa shape index (κ1) is 11.6. The second-order valence-corrected chi connectivity index (χ2v) is 3.68. The van der Waals surface area contributed by atoms with Crippen LogP contribution in [-0.4, -0.2) is 22.0 Å². The van der Waals surface area contributed by atoms with Crippen molar-refractivity contribution >= 4 is 0 Å². The van der Waals surface area contributed by atoms with Crippen LogP contribution in [0.4, 0.5) is 4.39 Å². The number of ether oxygens (including phenoxy) is 1. The Balaban J connectivity index is 2.39. The molecule has 1 aromatic heterocycles. The molecular formula is C12H13FN2O2. The van der Waals surface area contributed by atoms with Crippen LogP contribution in [0.15, 0.2) is 30.5 Å². The number of hydrogen-bond donors (Lipinski definition) is 1. The molecule has 1 unspecified atom stereocenters. The summed E-state index contributed by atoms with van der Waals surface area (Å²) in [6.07, 6.45) is 0.639. The zero-order valence-corrected chi connectivity index (χ0v) is 9.59. The van der Waals surface area contributed by atoms with Crippen molar-refractivity contribution in [3.05, 3.63) is 47.5 Å². The summed E-state index contributed by atoms with van der Waals surface area (Å²) in [5, 5.41) is 14.2. The van der Waals surface area contributed by atoms with E-state index < -0.39 is 6.10 Å². The van der Waals surface area contributed by atoms with Gasteiger partial charge in [0.15, 0.2) is 5.75 Å². The lowest BCUT2D eigenvalue weighted by Crippen LogP contribution is -2.08. The van der Waals surface area contributed by atoms with Crippen LogP contribution in [0.3, 0.4) is 0 Å². The van der Waals surface area contributed by atoms with E-state index in [-0.39, 0.29) is 5.82 Å². The van der Waals surface area contributed by atoms with Gasteiger partial charge in [-0.3, -0.25) is 4.68 Å². The van der Waals surface area contributed by atoms with E-state index >= 15 is 0 Å². The number of aliphatic hydroxyl groups excluding tert-OH is 1. The van der Waals surface area contributed by atoms with Gasteiger partial charge in [-0.05, 0) is 17.7 Å². The van der Waals surface area contributed by atoms with Gasteiger partial charge in [-0.25, -0.2) is 4.39 Å². The second kappa shape index (κ2) is 4.55. The van der Waals surface area contributed by atoms with Crippen LogP contribution in [0.25, 0.3) is 0 Å². The van der Waals surface area contributed by atoms with Crippen molar-refractivity contribution < 1.29 is 14.2 Å². The molecule has 90 valence electrons. The molecule has 1 atom stereocenters. The predicted molar refractivity (Wildman–Crippen MR) is 60.2 cm³/mol. The van der Waals surface area contributed by atoms with Crippen molar-refractivity contribution in [3.8, 4) is 5.75 Å². The largest absolute Gasteiger partial charge is 0.493 e. The van der Waals surface area contributed by atoms with Crippen molar-refractivity contribution in [2.75, 3.05) is 7.11 Å². The van der Waals surface area contributed by atoms with Gasteiger partial charge < -0.3 is 9.84 Å². The van der Waals surface area contributed by atoms with Crippen molar-refractivity contribution in [1.82, 2.24) is 9.78 Å². The van der Waals surface area contributed by atoms with E-state index in [4.69, 9.17) is 4.74 Å². The van der Waals surface area contributed by atoms with Gasteiger partial charge in [0.05, 0.1) is 13.3 Å². The van der Waals surface area contributed by atoms with Crippen LogP contribution >= 0.6 is 0 Å². The molecule has 17 heavy (non-hydrogen) atoms. The topological polar surface area (TPSA) is 47.3 Å². The first-order valence-corrected chi connectivity index (χ1v) is 5.13. The van der Waals surface area contributed by atoms with Gasteiger partial charge in [-0.15, -0.1) is 0 Å². The molecule has 2 aromatic rings. The summed E-state index contributed by atoms with van der Waals surface area (Å²) in [4.78, 5) is 0. The van der Waals surface area contributed by atoms with Crippen molar-refractivity contribution in [2.45, 2.75) is 6.10 Å². The third kappa shape index (κ3) is 2.14. The Morgan fingerprint density at radius 2 is 2.00 bits per heavy atom.